The first-order valence-corrected chi connectivity index (χ1v) is 10.9. The minimum atomic E-state index is -0.386. The predicted octanol–water partition coefficient (Wildman–Crippen LogP) is 2.08. The highest BCUT2D eigenvalue weighted by molar-refractivity contribution is 5.96. The maximum Gasteiger partial charge on any atom is 0.281 e. The lowest BCUT2D eigenvalue weighted by Gasteiger charge is -2.17. The number of amides is 1. The minimum absolute atomic E-state index is 0.332. The van der Waals surface area contributed by atoms with Gasteiger partial charge < -0.3 is 14.8 Å². The molecule has 1 aromatic carbocycles. The van der Waals surface area contributed by atoms with Crippen molar-refractivity contribution < 1.29 is 14.3 Å². The first-order chi connectivity index (χ1) is 15.7. The second kappa shape index (κ2) is 8.96. The summed E-state index contributed by atoms with van der Waals surface area (Å²) in [5.74, 6) is 1.67. The number of fused-ring (bicyclic) bond motifs is 3. The molecule has 0 aliphatic carbocycles. The number of rotatable bonds is 6. The Labute approximate surface area is 185 Å². The van der Waals surface area contributed by atoms with Crippen molar-refractivity contribution in [2.75, 3.05) is 45.2 Å². The molecule has 0 spiro atoms. The summed E-state index contributed by atoms with van der Waals surface area (Å²) in [6.45, 7) is 5.14. The zero-order valence-corrected chi connectivity index (χ0v) is 18.1. The molecule has 1 saturated heterocycles. The summed E-state index contributed by atoms with van der Waals surface area (Å²) >= 11 is 0. The van der Waals surface area contributed by atoms with Gasteiger partial charge >= 0.3 is 0 Å². The number of nitrogens with one attached hydrogen (secondary N) is 1. The summed E-state index contributed by atoms with van der Waals surface area (Å²) in [4.78, 5) is 28.1. The van der Waals surface area contributed by atoms with Gasteiger partial charge in [-0.1, -0.05) is 0 Å². The van der Waals surface area contributed by atoms with E-state index >= 15 is 0 Å². The number of benzene rings is 1. The van der Waals surface area contributed by atoms with Gasteiger partial charge in [-0.05, 0) is 50.2 Å². The summed E-state index contributed by atoms with van der Waals surface area (Å²) in [5.41, 5.74) is 1.36. The van der Waals surface area contributed by atoms with Crippen LogP contribution in [-0.2, 0) is 6.54 Å². The van der Waals surface area contributed by atoms with Gasteiger partial charge in [0.1, 0.15) is 17.9 Å². The number of nitrogens with zero attached hydrogens (tertiary/aromatic N) is 5. The molecule has 2 aromatic heterocycles. The number of carbonyl (C=O) groups excluding carboxylic acids is 1. The van der Waals surface area contributed by atoms with Crippen LogP contribution in [0.1, 0.15) is 23.2 Å². The Morgan fingerprint density at radius 1 is 1.22 bits per heavy atom. The van der Waals surface area contributed by atoms with Crippen molar-refractivity contribution in [3.63, 3.8) is 0 Å². The zero-order chi connectivity index (χ0) is 21.9. The Hall–Kier alpha value is -3.46. The molecule has 0 saturated carbocycles. The van der Waals surface area contributed by atoms with Crippen molar-refractivity contribution in [2.24, 2.45) is 4.99 Å². The number of anilines is 1. The molecular weight excluding hydrogens is 408 g/mol. The highest BCUT2D eigenvalue weighted by Crippen LogP contribution is 2.37. The molecule has 0 atom stereocenters. The number of pyridine rings is 1. The van der Waals surface area contributed by atoms with E-state index in [4.69, 9.17) is 14.5 Å². The predicted molar refractivity (Wildman–Crippen MR) is 120 cm³/mol. The van der Waals surface area contributed by atoms with Crippen molar-refractivity contribution >= 4 is 22.6 Å². The molecule has 2 aliphatic rings. The highest BCUT2D eigenvalue weighted by Gasteiger charge is 2.21. The maximum atomic E-state index is 12.7. The van der Waals surface area contributed by atoms with Crippen LogP contribution < -0.4 is 20.4 Å². The Morgan fingerprint density at radius 2 is 2.09 bits per heavy atom. The van der Waals surface area contributed by atoms with Crippen molar-refractivity contribution in [1.82, 2.24) is 19.4 Å². The van der Waals surface area contributed by atoms with Gasteiger partial charge in [0, 0.05) is 37.4 Å². The number of likely N-dealkylation sites (tertiary alicyclic amines) is 1. The standard InChI is InChI=1S/C23H26N6O3/c1-31-20-18(32-14-13-28-10-2-3-11-28)7-6-17-19(20)26-23(29-12-9-25-21(17)29)27-22(30)16-5-4-8-24-15-16/h4-8,15,25H,2-3,9-14H2,1H3. The topological polar surface area (TPSA) is 93.9 Å². The van der Waals surface area contributed by atoms with Gasteiger partial charge in [-0.2, -0.15) is 4.99 Å². The molecule has 166 valence electrons. The third-order valence-electron chi connectivity index (χ3n) is 5.88. The maximum absolute atomic E-state index is 12.7. The Morgan fingerprint density at radius 3 is 2.88 bits per heavy atom. The van der Waals surface area contributed by atoms with E-state index in [1.807, 2.05) is 16.7 Å². The molecule has 4 heterocycles. The second-order valence-electron chi connectivity index (χ2n) is 7.89. The highest BCUT2D eigenvalue weighted by atomic mass is 16.5. The molecule has 32 heavy (non-hydrogen) atoms. The Balaban J connectivity index is 1.53. The average molecular weight is 435 g/mol. The van der Waals surface area contributed by atoms with E-state index in [-0.39, 0.29) is 5.91 Å². The van der Waals surface area contributed by atoms with E-state index in [9.17, 15) is 4.79 Å². The van der Waals surface area contributed by atoms with Gasteiger partial charge in [-0.15, -0.1) is 0 Å². The summed E-state index contributed by atoms with van der Waals surface area (Å²) in [6, 6.07) is 7.30. The molecule has 3 aromatic rings. The first kappa shape index (κ1) is 20.4. The second-order valence-corrected chi connectivity index (χ2v) is 7.89. The lowest BCUT2D eigenvalue weighted by atomic mass is 10.2. The molecule has 9 heteroatoms. The van der Waals surface area contributed by atoms with E-state index in [2.05, 4.69) is 20.2 Å². The van der Waals surface area contributed by atoms with Crippen molar-refractivity contribution in [3.8, 4) is 11.5 Å². The van der Waals surface area contributed by atoms with Crippen molar-refractivity contribution in [2.45, 2.75) is 19.4 Å². The molecule has 1 N–H and O–H groups in total. The number of methoxy groups -OCH3 is 1. The van der Waals surface area contributed by atoms with Crippen LogP contribution >= 0.6 is 0 Å². The summed E-state index contributed by atoms with van der Waals surface area (Å²) < 4.78 is 13.7. The fraction of sp³-hybridized carbons (Fsp3) is 0.391. The normalized spacial score (nSPS) is 16.2. The molecule has 2 aliphatic heterocycles. The van der Waals surface area contributed by atoms with E-state index in [1.165, 1.54) is 19.0 Å². The van der Waals surface area contributed by atoms with Crippen molar-refractivity contribution in [1.29, 1.82) is 0 Å². The van der Waals surface area contributed by atoms with Crippen LogP contribution in [0, 0.1) is 0 Å². The van der Waals surface area contributed by atoms with E-state index in [1.54, 1.807) is 25.4 Å². The lowest BCUT2D eigenvalue weighted by Crippen LogP contribution is -2.25. The number of hydrogen-bond donors (Lipinski definition) is 1. The minimum Gasteiger partial charge on any atom is -0.491 e. The summed E-state index contributed by atoms with van der Waals surface area (Å²) in [7, 11) is 1.61. The van der Waals surface area contributed by atoms with Gasteiger partial charge in [-0.25, -0.2) is 4.98 Å². The molecule has 0 bridgehead atoms. The number of ether oxygens (including phenoxy) is 2. The van der Waals surface area contributed by atoms with Gasteiger partial charge in [0.2, 0.25) is 5.62 Å². The fourth-order valence-electron chi connectivity index (χ4n) is 4.28. The van der Waals surface area contributed by atoms with Gasteiger partial charge in [0.05, 0.1) is 12.7 Å². The number of hydrogen-bond acceptors (Lipinski definition) is 7. The smallest absolute Gasteiger partial charge is 0.281 e. The van der Waals surface area contributed by atoms with Crippen LogP contribution in [-0.4, -0.2) is 65.2 Å². The van der Waals surface area contributed by atoms with Crippen LogP contribution in [0.4, 0.5) is 5.82 Å². The molecule has 5 rings (SSSR count). The molecule has 0 unspecified atom stereocenters. The van der Waals surface area contributed by atoms with Crippen LogP contribution in [0.25, 0.3) is 10.9 Å². The summed E-state index contributed by atoms with van der Waals surface area (Å²) in [6.07, 6.45) is 5.63. The van der Waals surface area contributed by atoms with Gasteiger partial charge in [0.15, 0.2) is 11.5 Å². The van der Waals surface area contributed by atoms with Gasteiger partial charge in [-0.3, -0.25) is 19.2 Å². The third kappa shape index (κ3) is 3.91. The number of carbonyl (C=O) groups is 1. The lowest BCUT2D eigenvalue weighted by molar-refractivity contribution is 0.0996. The molecule has 9 nitrogen and oxygen atoms in total. The monoisotopic (exact) mass is 434 g/mol. The van der Waals surface area contributed by atoms with E-state index in [0.29, 0.717) is 41.3 Å². The fourth-order valence-corrected chi connectivity index (χ4v) is 4.28. The Bertz CT molecular complexity index is 1200. The molecular formula is C23H26N6O3. The average Bonchev–Trinajstić information content (AvgIpc) is 3.52. The quantitative estimate of drug-likeness (QED) is 0.635. The van der Waals surface area contributed by atoms with E-state index < -0.39 is 0 Å². The first-order valence-electron chi connectivity index (χ1n) is 10.9. The third-order valence-corrected chi connectivity index (χ3v) is 5.88. The van der Waals surface area contributed by atoms with Crippen LogP contribution in [0.5, 0.6) is 11.5 Å². The number of aromatic nitrogens is 3. The van der Waals surface area contributed by atoms with E-state index in [0.717, 1.165) is 37.4 Å². The summed E-state index contributed by atoms with van der Waals surface area (Å²) in [5, 5.41) is 4.29. The molecule has 1 amide bonds. The van der Waals surface area contributed by atoms with Crippen molar-refractivity contribution in [3.05, 3.63) is 47.8 Å². The van der Waals surface area contributed by atoms with Crippen LogP contribution in [0.15, 0.2) is 41.7 Å². The molecule has 1 fully saturated rings. The Kier molecular flexibility index (Phi) is 5.72. The largest absolute Gasteiger partial charge is 0.491 e. The van der Waals surface area contributed by atoms with Crippen LogP contribution in [0.2, 0.25) is 0 Å². The SMILES string of the molecule is COc1c(OCCN2CCCC2)ccc2c3n(c(=NC(=O)c4cccnc4)nc12)CCN3. The van der Waals surface area contributed by atoms with Crippen LogP contribution in [0.3, 0.4) is 0 Å². The zero-order valence-electron chi connectivity index (χ0n) is 18.1. The van der Waals surface area contributed by atoms with Gasteiger partial charge in [0.25, 0.3) is 5.91 Å². The molecule has 0 radical (unpaired) electrons.